The van der Waals surface area contributed by atoms with E-state index in [2.05, 4.69) is 21.4 Å². The number of ether oxygens (including phenoxy) is 2. The van der Waals surface area contributed by atoms with Gasteiger partial charge < -0.3 is 14.4 Å². The van der Waals surface area contributed by atoms with Crippen molar-refractivity contribution in [2.24, 2.45) is 4.99 Å². The molecular weight excluding hydrogens is 410 g/mol. The average molecular weight is 440 g/mol. The fourth-order valence-corrected chi connectivity index (χ4v) is 5.14. The van der Waals surface area contributed by atoms with Crippen LogP contribution in [0.3, 0.4) is 0 Å². The lowest BCUT2D eigenvalue weighted by Gasteiger charge is -2.41. The smallest absolute Gasteiger partial charge is 0.257 e. The van der Waals surface area contributed by atoms with E-state index in [0.717, 1.165) is 24.2 Å². The van der Waals surface area contributed by atoms with Crippen LogP contribution in [0.4, 0.5) is 0 Å². The van der Waals surface area contributed by atoms with Crippen LogP contribution in [-0.4, -0.2) is 46.5 Å². The monoisotopic (exact) mass is 439 g/mol. The molecule has 1 aliphatic carbocycles. The Hall–Kier alpha value is -2.35. The Balaban J connectivity index is 0.000000250. The highest BCUT2D eigenvalue weighted by molar-refractivity contribution is 7.16. The van der Waals surface area contributed by atoms with Crippen LogP contribution in [0.5, 0.6) is 0 Å². The molecule has 0 N–H and O–H groups in total. The van der Waals surface area contributed by atoms with Crippen LogP contribution in [0.2, 0.25) is 0 Å². The lowest BCUT2D eigenvalue weighted by Crippen LogP contribution is -2.54. The average Bonchev–Trinajstić information content (AvgIpc) is 3.45. The van der Waals surface area contributed by atoms with Crippen LogP contribution in [0.1, 0.15) is 45.1 Å². The van der Waals surface area contributed by atoms with E-state index >= 15 is 0 Å². The number of hydrogen-bond acceptors (Lipinski definition) is 6. The van der Waals surface area contributed by atoms with E-state index in [9.17, 15) is 4.79 Å². The summed E-state index contributed by atoms with van der Waals surface area (Å²) in [5.41, 5.74) is 0.604. The lowest BCUT2D eigenvalue weighted by molar-refractivity contribution is -0.177. The summed E-state index contributed by atoms with van der Waals surface area (Å²) in [5, 5.41) is 3.28. The summed E-state index contributed by atoms with van der Waals surface area (Å²) in [6.07, 6.45) is 14.6. The molecule has 3 fully saturated rings. The van der Waals surface area contributed by atoms with Gasteiger partial charge in [0.2, 0.25) is 0 Å². The van der Waals surface area contributed by atoms with Crippen LogP contribution in [0.25, 0.3) is 10.2 Å². The summed E-state index contributed by atoms with van der Waals surface area (Å²) >= 11 is 1.64. The summed E-state index contributed by atoms with van der Waals surface area (Å²) in [6.45, 7) is 5.33. The van der Waals surface area contributed by atoms with E-state index in [-0.39, 0.29) is 18.2 Å². The maximum Gasteiger partial charge on any atom is 0.257 e. The molecule has 0 aromatic carbocycles. The van der Waals surface area contributed by atoms with Gasteiger partial charge in [0.1, 0.15) is 11.1 Å². The molecule has 2 aliphatic heterocycles. The van der Waals surface area contributed by atoms with Gasteiger partial charge in [-0.15, -0.1) is 11.3 Å². The molecule has 2 aromatic heterocycles. The predicted octanol–water partition coefficient (Wildman–Crippen LogP) is 4.86. The maximum atomic E-state index is 12.5. The largest absolute Gasteiger partial charge is 0.373 e. The molecule has 7 heteroatoms. The lowest BCUT2D eigenvalue weighted by atomic mass is 9.76. The van der Waals surface area contributed by atoms with Crippen molar-refractivity contribution in [1.82, 2.24) is 9.88 Å². The molecule has 1 spiro atoms. The summed E-state index contributed by atoms with van der Waals surface area (Å²) in [4.78, 5) is 23.7. The van der Waals surface area contributed by atoms with E-state index in [1.165, 1.54) is 10.9 Å². The second-order valence-electron chi connectivity index (χ2n) is 7.97. The van der Waals surface area contributed by atoms with Crippen molar-refractivity contribution in [2.75, 3.05) is 6.54 Å². The second kappa shape index (κ2) is 9.85. The molecule has 1 atom stereocenters. The number of aromatic nitrogens is 1. The van der Waals surface area contributed by atoms with Crippen molar-refractivity contribution in [2.45, 2.75) is 64.1 Å². The minimum absolute atomic E-state index is 0.0235. The van der Waals surface area contributed by atoms with Gasteiger partial charge in [0.15, 0.2) is 5.60 Å². The molecule has 164 valence electrons. The molecular formula is C24H29N3O3S. The molecule has 31 heavy (non-hydrogen) atoms. The van der Waals surface area contributed by atoms with E-state index in [1.54, 1.807) is 23.8 Å². The van der Waals surface area contributed by atoms with Crippen molar-refractivity contribution in [3.8, 4) is 0 Å². The highest BCUT2D eigenvalue weighted by atomic mass is 32.1. The van der Waals surface area contributed by atoms with Gasteiger partial charge in [0.25, 0.3) is 5.91 Å². The molecule has 1 saturated carbocycles. The van der Waals surface area contributed by atoms with Crippen molar-refractivity contribution in [3.63, 3.8) is 0 Å². The molecule has 1 amide bonds. The van der Waals surface area contributed by atoms with Crippen molar-refractivity contribution in [3.05, 3.63) is 53.7 Å². The zero-order valence-corrected chi connectivity index (χ0v) is 18.9. The van der Waals surface area contributed by atoms with E-state index in [4.69, 9.17) is 9.47 Å². The van der Waals surface area contributed by atoms with Gasteiger partial charge >= 0.3 is 0 Å². The highest BCUT2D eigenvalue weighted by Gasteiger charge is 2.61. The fraction of sp³-hybridized carbons (Fsp3) is 0.458. The summed E-state index contributed by atoms with van der Waals surface area (Å²) < 4.78 is 12.1. The molecule has 2 saturated heterocycles. The summed E-state index contributed by atoms with van der Waals surface area (Å²) in [6, 6.07) is 4.03. The van der Waals surface area contributed by atoms with Gasteiger partial charge in [-0.2, -0.15) is 0 Å². The number of hydrogen-bond donors (Lipinski definition) is 0. The molecule has 3 aliphatic rings. The Bertz CT molecular complexity index is 977. The first-order valence-corrected chi connectivity index (χ1v) is 11.7. The molecule has 2 aromatic rings. The predicted molar refractivity (Wildman–Crippen MR) is 124 cm³/mol. The number of rotatable bonds is 5. The molecule has 1 unspecified atom stereocenters. The van der Waals surface area contributed by atoms with Crippen molar-refractivity contribution < 1.29 is 14.3 Å². The third-order valence-corrected chi connectivity index (χ3v) is 6.78. The number of aliphatic imine (C=N–C) groups is 1. The Labute approximate surface area is 187 Å². The van der Waals surface area contributed by atoms with Crippen LogP contribution < -0.4 is 0 Å². The van der Waals surface area contributed by atoms with E-state index < -0.39 is 5.60 Å². The first kappa shape index (κ1) is 21.9. The van der Waals surface area contributed by atoms with E-state index in [1.807, 2.05) is 49.2 Å². The quantitative estimate of drug-likeness (QED) is 0.624. The number of carbonyl (C=O) groups excluding carboxylic acids is 1. The Morgan fingerprint density at radius 3 is 3.03 bits per heavy atom. The van der Waals surface area contributed by atoms with Crippen LogP contribution in [-0.2, 0) is 20.9 Å². The number of fused-ring (bicyclic) bond motifs is 2. The molecule has 6 nitrogen and oxygen atoms in total. The van der Waals surface area contributed by atoms with Gasteiger partial charge in [0.05, 0.1) is 12.7 Å². The minimum Gasteiger partial charge on any atom is -0.373 e. The van der Waals surface area contributed by atoms with Crippen LogP contribution in [0.15, 0.2) is 53.1 Å². The zero-order valence-electron chi connectivity index (χ0n) is 18.1. The zero-order chi connectivity index (χ0) is 21.7. The second-order valence-corrected chi connectivity index (χ2v) is 8.83. The number of allylic oxidation sites excluding steroid dienone is 3. The molecule has 4 heterocycles. The topological polar surface area (TPSA) is 64.0 Å². The van der Waals surface area contributed by atoms with Crippen LogP contribution in [0, 0.1) is 0 Å². The van der Waals surface area contributed by atoms with Gasteiger partial charge in [-0.25, -0.2) is 4.98 Å². The van der Waals surface area contributed by atoms with Crippen molar-refractivity contribution >= 4 is 33.7 Å². The Morgan fingerprint density at radius 1 is 1.39 bits per heavy atom. The standard InChI is InChI=1S/C17H18N2O3S.C7H11N/c20-16-17(22-14-4-2-6-19(14)16)7-12(8-17)21-9-11-10-23-15-13(11)3-1-5-18-15;1-3-5-7-8-6-4-2/h1,3,5,10,12,14H,2,4,6-9H2;3-7H,1-2H3/b;5-3?,6-4-,8-7?. The van der Waals surface area contributed by atoms with Gasteiger partial charge in [-0.05, 0) is 49.8 Å². The highest BCUT2D eigenvalue weighted by Crippen LogP contribution is 2.47. The first-order valence-electron chi connectivity index (χ1n) is 10.8. The minimum atomic E-state index is -0.575. The molecule has 0 bridgehead atoms. The molecule has 0 radical (unpaired) electrons. The molecule has 5 rings (SSSR count). The normalized spacial score (nSPS) is 27.5. The van der Waals surface area contributed by atoms with Crippen molar-refractivity contribution in [1.29, 1.82) is 0 Å². The Morgan fingerprint density at radius 2 is 2.26 bits per heavy atom. The number of carbonyl (C=O) groups is 1. The van der Waals surface area contributed by atoms with Gasteiger partial charge in [0, 0.05) is 43.4 Å². The third-order valence-electron chi connectivity index (χ3n) is 5.83. The number of amides is 1. The Kier molecular flexibility index (Phi) is 6.95. The third kappa shape index (κ3) is 4.63. The summed E-state index contributed by atoms with van der Waals surface area (Å²) in [5.74, 6) is 0.185. The number of nitrogens with zero attached hydrogens (tertiary/aromatic N) is 3. The fourth-order valence-electron chi connectivity index (χ4n) is 4.24. The number of thiophene rings is 1. The SMILES string of the molecule is CC=CC=N/C=C\C.O=C1N2CCCC2OC12CC(OCc1csc3ncccc13)C2. The van der Waals surface area contributed by atoms with Crippen LogP contribution >= 0.6 is 11.3 Å². The van der Waals surface area contributed by atoms with Gasteiger partial charge in [-0.3, -0.25) is 9.79 Å². The van der Waals surface area contributed by atoms with Gasteiger partial charge in [-0.1, -0.05) is 18.2 Å². The number of pyridine rings is 1. The summed E-state index contributed by atoms with van der Waals surface area (Å²) in [7, 11) is 0. The maximum absolute atomic E-state index is 12.5. The first-order chi connectivity index (χ1) is 15.2. The van der Waals surface area contributed by atoms with E-state index in [0.29, 0.717) is 19.4 Å².